The number of rotatable bonds is 11. The number of nitrogens with one attached hydrogen (secondary N) is 2. The molecule has 0 aromatic carbocycles. The van der Waals surface area contributed by atoms with E-state index in [1.165, 1.54) is 0 Å². The highest BCUT2D eigenvalue weighted by molar-refractivity contribution is 14.0. The third kappa shape index (κ3) is 11.8. The summed E-state index contributed by atoms with van der Waals surface area (Å²) in [5, 5.41) is 10.3. The molecular formula is C22H37IN2O2. The van der Waals surface area contributed by atoms with Crippen LogP contribution in [-0.4, -0.2) is 18.7 Å². The van der Waals surface area contributed by atoms with E-state index < -0.39 is 0 Å². The van der Waals surface area contributed by atoms with Crippen LogP contribution in [-0.2, 0) is 9.53 Å². The second-order valence-corrected chi connectivity index (χ2v) is 6.05. The van der Waals surface area contributed by atoms with Gasteiger partial charge in [-0.25, -0.2) is 0 Å². The summed E-state index contributed by atoms with van der Waals surface area (Å²) in [6, 6.07) is 0. The zero-order valence-corrected chi connectivity index (χ0v) is 19.7. The van der Waals surface area contributed by atoms with Gasteiger partial charge in [0.05, 0.1) is 6.61 Å². The van der Waals surface area contributed by atoms with Crippen LogP contribution < -0.4 is 5.32 Å². The molecule has 0 aromatic rings. The molecule has 0 heterocycles. The topological polar surface area (TPSA) is 62.2 Å². The molecule has 1 atom stereocenters. The Kier molecular flexibility index (Phi) is 18.6. The zero-order chi connectivity index (χ0) is 19.8. The molecule has 4 nitrogen and oxygen atoms in total. The second-order valence-electron chi connectivity index (χ2n) is 6.05. The maximum absolute atomic E-state index is 12.5. The Labute approximate surface area is 182 Å². The van der Waals surface area contributed by atoms with Crippen LogP contribution in [0.4, 0.5) is 0 Å². The Bertz CT molecular complexity index is 536. The van der Waals surface area contributed by atoms with Crippen LogP contribution in [0, 0.1) is 11.3 Å². The first kappa shape index (κ1) is 27.8. The molecule has 1 aliphatic rings. The third-order valence-corrected chi connectivity index (χ3v) is 3.90. The summed E-state index contributed by atoms with van der Waals surface area (Å²) in [5.74, 6) is 0.426. The highest BCUT2D eigenvalue weighted by Crippen LogP contribution is 2.20. The molecule has 0 aliphatic heterocycles. The predicted molar refractivity (Wildman–Crippen MR) is 127 cm³/mol. The molecule has 0 spiro atoms. The molecule has 1 unspecified atom stereocenters. The molecule has 1 aliphatic carbocycles. The Balaban J connectivity index is 0. The van der Waals surface area contributed by atoms with Crippen LogP contribution in [0.15, 0.2) is 47.9 Å². The molecule has 27 heavy (non-hydrogen) atoms. The summed E-state index contributed by atoms with van der Waals surface area (Å²) in [6.45, 7) is 12.0. The number of hydrogen-bond donors (Lipinski definition) is 2. The fourth-order valence-corrected chi connectivity index (χ4v) is 2.58. The molecule has 5 heteroatoms. The van der Waals surface area contributed by atoms with Gasteiger partial charge in [-0.2, -0.15) is 0 Å². The highest BCUT2D eigenvalue weighted by atomic mass is 127. The van der Waals surface area contributed by atoms with Crippen molar-refractivity contribution in [2.45, 2.75) is 66.2 Å². The van der Waals surface area contributed by atoms with Gasteiger partial charge in [-0.15, -0.1) is 30.6 Å². The van der Waals surface area contributed by atoms with E-state index in [1.807, 2.05) is 26.0 Å². The summed E-state index contributed by atoms with van der Waals surface area (Å²) in [4.78, 5) is 12.5. The van der Waals surface area contributed by atoms with Crippen molar-refractivity contribution in [2.75, 3.05) is 6.61 Å². The molecule has 0 aromatic heterocycles. The minimum atomic E-state index is -0.284. The molecule has 0 fully saturated rings. The number of amides is 1. The van der Waals surface area contributed by atoms with Gasteiger partial charge in [-0.1, -0.05) is 45.4 Å². The molecule has 1 rings (SSSR count). The summed E-state index contributed by atoms with van der Waals surface area (Å²) < 4.78 is 5.65. The van der Waals surface area contributed by atoms with Crippen molar-refractivity contribution in [3.05, 3.63) is 47.9 Å². The number of allylic oxidation sites excluding steroid dienone is 5. The fraction of sp³-hybridized carbons (Fsp3) is 0.545. The van der Waals surface area contributed by atoms with E-state index in [9.17, 15) is 4.79 Å². The summed E-state index contributed by atoms with van der Waals surface area (Å²) in [6.07, 6.45) is 15.2. The lowest BCUT2D eigenvalue weighted by Gasteiger charge is -2.18. The largest absolute Gasteiger partial charge is 0.488 e. The highest BCUT2D eigenvalue weighted by Gasteiger charge is 2.16. The average Bonchev–Trinajstić information content (AvgIpc) is 2.66. The second kappa shape index (κ2) is 18.0. The summed E-state index contributed by atoms with van der Waals surface area (Å²) >= 11 is 0. The maximum Gasteiger partial charge on any atom is 0.291 e. The van der Waals surface area contributed by atoms with Crippen LogP contribution >= 0.6 is 24.0 Å². The van der Waals surface area contributed by atoms with E-state index >= 15 is 0 Å². The standard InChI is InChI=1S/C20H30N2O2.C2H6.HI/c1-4-6-7-8-13-24-19(16(3)15-21)20(23)22-18-12-9-11-17(14-18)10-5-2;1-2;/h4,9,12,14-15,17,21H,1,5-8,10-11,13H2,2-3H3,(H,22,23);1-2H3;1H/b19-16+,21-15?;;. The van der Waals surface area contributed by atoms with Gasteiger partial charge in [0.1, 0.15) is 0 Å². The molecule has 0 bridgehead atoms. The first-order valence-electron chi connectivity index (χ1n) is 9.77. The van der Waals surface area contributed by atoms with Crippen molar-refractivity contribution < 1.29 is 9.53 Å². The molecular weight excluding hydrogens is 451 g/mol. The minimum Gasteiger partial charge on any atom is -0.488 e. The van der Waals surface area contributed by atoms with Crippen molar-refractivity contribution in [1.29, 1.82) is 5.41 Å². The first-order valence-corrected chi connectivity index (χ1v) is 9.77. The fourth-order valence-electron chi connectivity index (χ4n) is 2.58. The SMILES string of the molecule is C=CCCCCO/C(C(=O)NC1=CC(CCC)CC=C1)=C(\C)C=N.CC.I. The molecule has 0 saturated heterocycles. The Morgan fingerprint density at radius 3 is 2.70 bits per heavy atom. The smallest absolute Gasteiger partial charge is 0.291 e. The Morgan fingerprint density at radius 2 is 2.11 bits per heavy atom. The van der Waals surface area contributed by atoms with Gasteiger partial charge < -0.3 is 15.5 Å². The van der Waals surface area contributed by atoms with Gasteiger partial charge in [0, 0.05) is 17.5 Å². The van der Waals surface area contributed by atoms with Gasteiger partial charge in [0.25, 0.3) is 5.91 Å². The van der Waals surface area contributed by atoms with Crippen LogP contribution in [0.1, 0.15) is 66.2 Å². The normalized spacial score (nSPS) is 15.9. The van der Waals surface area contributed by atoms with Gasteiger partial charge >= 0.3 is 0 Å². The van der Waals surface area contributed by atoms with Crippen molar-refractivity contribution in [2.24, 2.45) is 5.92 Å². The van der Waals surface area contributed by atoms with Crippen LogP contribution in [0.2, 0.25) is 0 Å². The summed E-state index contributed by atoms with van der Waals surface area (Å²) in [5.41, 5.74) is 1.34. The Hall–Kier alpha value is -1.37. The third-order valence-electron chi connectivity index (χ3n) is 3.90. The first-order chi connectivity index (χ1) is 12.6. The van der Waals surface area contributed by atoms with Crippen LogP contribution in [0.3, 0.4) is 0 Å². The van der Waals surface area contributed by atoms with E-state index in [2.05, 4.69) is 31.0 Å². The van der Waals surface area contributed by atoms with Crippen molar-refractivity contribution >= 4 is 36.1 Å². The molecule has 1 amide bonds. The van der Waals surface area contributed by atoms with Gasteiger partial charge in [-0.05, 0) is 51.0 Å². The number of ether oxygens (including phenoxy) is 1. The van der Waals surface area contributed by atoms with Crippen molar-refractivity contribution in [1.82, 2.24) is 5.32 Å². The van der Waals surface area contributed by atoms with Gasteiger partial charge in [0.2, 0.25) is 0 Å². The molecule has 0 saturated carbocycles. The summed E-state index contributed by atoms with van der Waals surface area (Å²) in [7, 11) is 0. The minimum absolute atomic E-state index is 0. The van der Waals surface area contributed by atoms with E-state index in [-0.39, 0.29) is 35.6 Å². The molecule has 154 valence electrons. The van der Waals surface area contributed by atoms with E-state index in [0.717, 1.165) is 50.4 Å². The lowest BCUT2D eigenvalue weighted by atomic mass is 9.95. The maximum atomic E-state index is 12.5. The molecule has 0 radical (unpaired) electrons. The van der Waals surface area contributed by atoms with E-state index in [1.54, 1.807) is 6.92 Å². The van der Waals surface area contributed by atoms with Crippen LogP contribution in [0.5, 0.6) is 0 Å². The monoisotopic (exact) mass is 488 g/mol. The number of halogens is 1. The lowest BCUT2D eigenvalue weighted by molar-refractivity contribution is -0.120. The number of carbonyl (C=O) groups is 1. The number of carbonyl (C=O) groups excluding carboxylic acids is 1. The quantitative estimate of drug-likeness (QED) is 0.0895. The van der Waals surface area contributed by atoms with Gasteiger partial charge in [0.15, 0.2) is 5.76 Å². The number of hydrogen-bond acceptors (Lipinski definition) is 3. The Morgan fingerprint density at radius 1 is 1.41 bits per heavy atom. The predicted octanol–water partition coefficient (Wildman–Crippen LogP) is 6.30. The van der Waals surface area contributed by atoms with Crippen molar-refractivity contribution in [3.8, 4) is 0 Å². The molecule has 2 N–H and O–H groups in total. The average molecular weight is 488 g/mol. The van der Waals surface area contributed by atoms with Crippen LogP contribution in [0.25, 0.3) is 0 Å². The van der Waals surface area contributed by atoms with E-state index in [4.69, 9.17) is 10.1 Å². The zero-order valence-electron chi connectivity index (χ0n) is 17.3. The number of unbranched alkanes of at least 4 members (excludes halogenated alkanes) is 2. The lowest BCUT2D eigenvalue weighted by Crippen LogP contribution is -2.27. The van der Waals surface area contributed by atoms with Gasteiger partial charge in [-0.3, -0.25) is 4.79 Å². The van der Waals surface area contributed by atoms with E-state index in [0.29, 0.717) is 18.1 Å². The van der Waals surface area contributed by atoms with Crippen molar-refractivity contribution in [3.63, 3.8) is 0 Å².